The highest BCUT2D eigenvalue weighted by molar-refractivity contribution is 7.15. The van der Waals surface area contributed by atoms with Gasteiger partial charge in [-0.05, 0) is 43.2 Å². The lowest BCUT2D eigenvalue weighted by Gasteiger charge is -2.13. The van der Waals surface area contributed by atoms with E-state index in [1.807, 2.05) is 26.0 Å². The minimum absolute atomic E-state index is 0.235. The third-order valence-electron chi connectivity index (χ3n) is 5.27. The van der Waals surface area contributed by atoms with Gasteiger partial charge >= 0.3 is 5.97 Å². The highest BCUT2D eigenvalue weighted by Crippen LogP contribution is 2.35. The van der Waals surface area contributed by atoms with Crippen molar-refractivity contribution in [1.82, 2.24) is 9.38 Å². The minimum Gasteiger partial charge on any atom is -0.480 e. The number of benzene rings is 2. The van der Waals surface area contributed by atoms with Crippen molar-refractivity contribution in [3.8, 4) is 0 Å². The Labute approximate surface area is 168 Å². The number of hydrogen-bond donors (Lipinski definition) is 1. The summed E-state index contributed by atoms with van der Waals surface area (Å²) in [5, 5.41) is 9.20. The Kier molecular flexibility index (Phi) is 3.63. The van der Waals surface area contributed by atoms with Gasteiger partial charge in [0.15, 0.2) is 4.96 Å². The van der Waals surface area contributed by atoms with Crippen LogP contribution in [0.1, 0.15) is 16.7 Å². The first-order valence-electron chi connectivity index (χ1n) is 8.96. The number of hydrogen-bond acceptors (Lipinski definition) is 5. The summed E-state index contributed by atoms with van der Waals surface area (Å²) in [6.45, 7) is 3.51. The average molecular weight is 405 g/mol. The summed E-state index contributed by atoms with van der Waals surface area (Å²) in [5.74, 6) is -1.60. The van der Waals surface area contributed by atoms with Crippen LogP contribution in [0.15, 0.2) is 41.2 Å². The second-order valence-corrected chi connectivity index (χ2v) is 8.05. The van der Waals surface area contributed by atoms with Crippen LogP contribution in [0.3, 0.4) is 0 Å². The van der Waals surface area contributed by atoms with Gasteiger partial charge in [-0.1, -0.05) is 29.5 Å². The third-order valence-corrected chi connectivity index (χ3v) is 6.31. The summed E-state index contributed by atoms with van der Waals surface area (Å²) < 4.78 is 1.81. The monoisotopic (exact) mass is 405 g/mol. The van der Waals surface area contributed by atoms with E-state index in [0.29, 0.717) is 21.7 Å². The molecule has 8 heteroatoms. The highest BCUT2D eigenvalue weighted by atomic mass is 32.1. The van der Waals surface area contributed by atoms with Gasteiger partial charge in [0.25, 0.3) is 11.5 Å². The molecule has 2 aromatic carbocycles. The van der Waals surface area contributed by atoms with Gasteiger partial charge in [-0.25, -0.2) is 9.38 Å². The van der Waals surface area contributed by atoms with Gasteiger partial charge in [0, 0.05) is 5.56 Å². The molecular weight excluding hydrogens is 390 g/mol. The number of anilines is 1. The molecule has 144 valence electrons. The van der Waals surface area contributed by atoms with Crippen molar-refractivity contribution in [3.63, 3.8) is 0 Å². The molecule has 7 nitrogen and oxygen atoms in total. The first-order chi connectivity index (χ1) is 13.9. The predicted molar refractivity (Wildman–Crippen MR) is 110 cm³/mol. The Bertz CT molecular complexity index is 1480. The lowest BCUT2D eigenvalue weighted by molar-refractivity contribution is -0.136. The number of amides is 1. The van der Waals surface area contributed by atoms with Crippen LogP contribution in [0, 0.1) is 13.8 Å². The zero-order valence-electron chi connectivity index (χ0n) is 15.6. The number of fused-ring (bicyclic) bond motifs is 4. The second-order valence-electron chi connectivity index (χ2n) is 7.07. The normalized spacial score (nSPS) is 15.5. The standard InChI is InChI=1S/C21H15N3O4S/c1-10-7-13-15(8-11(10)2)24-20(28)18(29-21(24)22-13)17-12-5-3-4-6-14(12)23(19(17)27)9-16(25)26/h3-8H,9H2,1-2H3,(H,25,26). The number of aryl methyl sites for hydroxylation is 2. The molecule has 0 atom stereocenters. The Balaban J connectivity index is 1.86. The zero-order valence-corrected chi connectivity index (χ0v) is 16.4. The van der Waals surface area contributed by atoms with Crippen molar-refractivity contribution in [1.29, 1.82) is 0 Å². The number of carboxylic acid groups (broad SMARTS) is 1. The van der Waals surface area contributed by atoms with Gasteiger partial charge in [-0.15, -0.1) is 0 Å². The van der Waals surface area contributed by atoms with Crippen LogP contribution in [0.5, 0.6) is 0 Å². The van der Waals surface area contributed by atoms with E-state index in [0.717, 1.165) is 28.0 Å². The number of rotatable bonds is 2. The Morgan fingerprint density at radius 1 is 1.14 bits per heavy atom. The van der Waals surface area contributed by atoms with E-state index in [2.05, 4.69) is 4.98 Å². The molecule has 29 heavy (non-hydrogen) atoms. The number of aromatic nitrogens is 2. The van der Waals surface area contributed by atoms with Crippen LogP contribution in [-0.4, -0.2) is 32.9 Å². The van der Waals surface area contributed by atoms with E-state index >= 15 is 0 Å². The summed E-state index contributed by atoms with van der Waals surface area (Å²) in [5.41, 5.74) is 4.57. The van der Waals surface area contributed by atoms with Crippen LogP contribution in [0.4, 0.5) is 5.69 Å². The van der Waals surface area contributed by atoms with E-state index in [1.54, 1.807) is 24.3 Å². The van der Waals surface area contributed by atoms with Gasteiger partial charge in [0.2, 0.25) is 0 Å². The molecule has 0 radical (unpaired) electrons. The Morgan fingerprint density at radius 3 is 2.62 bits per heavy atom. The first kappa shape index (κ1) is 17.6. The molecule has 1 amide bonds. The van der Waals surface area contributed by atoms with E-state index in [4.69, 9.17) is 0 Å². The molecule has 2 aromatic heterocycles. The van der Waals surface area contributed by atoms with E-state index in [9.17, 15) is 19.5 Å². The molecule has 0 saturated heterocycles. The van der Waals surface area contributed by atoms with Gasteiger partial charge in [-0.2, -0.15) is 0 Å². The zero-order chi connectivity index (χ0) is 20.4. The maximum atomic E-state index is 13.3. The van der Waals surface area contributed by atoms with Gasteiger partial charge in [-0.3, -0.25) is 19.3 Å². The Morgan fingerprint density at radius 2 is 1.86 bits per heavy atom. The number of thiazole rings is 1. The maximum absolute atomic E-state index is 13.3. The van der Waals surface area contributed by atoms with Crippen LogP contribution in [-0.2, 0) is 9.59 Å². The molecule has 0 unspecified atom stereocenters. The number of carboxylic acids is 1. The van der Waals surface area contributed by atoms with Crippen molar-refractivity contribution in [2.24, 2.45) is 0 Å². The molecule has 1 aliphatic rings. The summed E-state index contributed by atoms with van der Waals surface area (Å²) in [6.07, 6.45) is 0. The average Bonchev–Trinajstić information content (AvgIpc) is 3.26. The number of para-hydroxylation sites is 1. The van der Waals surface area contributed by atoms with E-state index in [-0.39, 0.29) is 15.7 Å². The molecule has 0 fully saturated rings. The van der Waals surface area contributed by atoms with Crippen molar-refractivity contribution in [3.05, 3.63) is 68.0 Å². The fraction of sp³-hybridized carbons (Fsp3) is 0.143. The number of imidazole rings is 1. The number of carbonyl (C=O) groups is 2. The molecule has 0 aliphatic carbocycles. The maximum Gasteiger partial charge on any atom is 0.323 e. The first-order valence-corrected chi connectivity index (χ1v) is 9.78. The molecule has 0 spiro atoms. The predicted octanol–water partition coefficient (Wildman–Crippen LogP) is 1.88. The molecule has 1 N–H and O–H groups in total. The molecular formula is C21H15N3O4S. The summed E-state index contributed by atoms with van der Waals surface area (Å²) in [7, 11) is 0. The lowest BCUT2D eigenvalue weighted by Crippen LogP contribution is -2.35. The van der Waals surface area contributed by atoms with Crippen LogP contribution < -0.4 is 15.0 Å². The van der Waals surface area contributed by atoms with Crippen molar-refractivity contribution in [2.45, 2.75) is 13.8 Å². The summed E-state index contributed by atoms with van der Waals surface area (Å²) >= 11 is 1.15. The molecule has 4 aromatic rings. The number of nitrogens with zero attached hydrogens (tertiary/aromatic N) is 3. The van der Waals surface area contributed by atoms with Crippen LogP contribution in [0.25, 0.3) is 21.6 Å². The highest BCUT2D eigenvalue weighted by Gasteiger charge is 2.35. The van der Waals surface area contributed by atoms with Crippen molar-refractivity contribution < 1.29 is 14.7 Å². The molecule has 3 heterocycles. The van der Waals surface area contributed by atoms with Crippen molar-refractivity contribution >= 4 is 50.5 Å². The molecule has 1 aliphatic heterocycles. The van der Waals surface area contributed by atoms with Crippen molar-refractivity contribution in [2.75, 3.05) is 11.4 Å². The Hall–Kier alpha value is -3.52. The number of carbonyl (C=O) groups excluding carboxylic acids is 1. The van der Waals surface area contributed by atoms with Crippen LogP contribution in [0.2, 0.25) is 0 Å². The largest absolute Gasteiger partial charge is 0.480 e. The van der Waals surface area contributed by atoms with Gasteiger partial charge in [0.1, 0.15) is 11.1 Å². The summed E-state index contributed by atoms with van der Waals surface area (Å²) in [6, 6.07) is 10.8. The second kappa shape index (κ2) is 5.99. The fourth-order valence-corrected chi connectivity index (χ4v) is 4.84. The fourth-order valence-electron chi connectivity index (χ4n) is 3.76. The topological polar surface area (TPSA) is 92.0 Å². The molecule has 0 bridgehead atoms. The smallest absolute Gasteiger partial charge is 0.323 e. The molecule has 0 saturated carbocycles. The van der Waals surface area contributed by atoms with Crippen LogP contribution >= 0.6 is 11.3 Å². The lowest BCUT2D eigenvalue weighted by atomic mass is 10.1. The van der Waals surface area contributed by atoms with Gasteiger partial charge < -0.3 is 5.11 Å². The molecule has 5 rings (SSSR count). The van der Waals surface area contributed by atoms with E-state index < -0.39 is 18.4 Å². The van der Waals surface area contributed by atoms with Gasteiger partial charge in [0.05, 0.1) is 22.3 Å². The third kappa shape index (κ3) is 2.42. The quantitative estimate of drug-likeness (QED) is 0.550. The summed E-state index contributed by atoms with van der Waals surface area (Å²) in [4.78, 5) is 43.9. The number of aliphatic carboxylic acids is 1. The van der Waals surface area contributed by atoms with E-state index in [1.165, 1.54) is 9.30 Å². The minimum atomic E-state index is -1.12. The SMILES string of the molecule is Cc1cc2nc3sc(=C4C(=O)N(CC(=O)O)c5ccccc54)c(=O)n3c2cc1C.